The summed E-state index contributed by atoms with van der Waals surface area (Å²) in [6.07, 6.45) is 4.18. The van der Waals surface area contributed by atoms with Crippen LogP contribution in [0, 0.1) is 10.8 Å². The number of hydrogen-bond acceptors (Lipinski definition) is 2. The third-order valence-corrected chi connectivity index (χ3v) is 5.41. The van der Waals surface area contributed by atoms with Crippen molar-refractivity contribution in [1.82, 2.24) is 0 Å². The van der Waals surface area contributed by atoms with Gasteiger partial charge in [-0.05, 0) is 59.5 Å². The van der Waals surface area contributed by atoms with E-state index in [1.54, 1.807) is 0 Å². The van der Waals surface area contributed by atoms with Gasteiger partial charge in [-0.25, -0.2) is 0 Å². The molecule has 0 aromatic heterocycles. The quantitative estimate of drug-likeness (QED) is 0.378. The lowest BCUT2D eigenvalue weighted by molar-refractivity contribution is 0.252. The molecule has 1 rings (SSSR count). The van der Waals surface area contributed by atoms with E-state index in [1.165, 1.54) is 11.1 Å². The summed E-state index contributed by atoms with van der Waals surface area (Å²) < 4.78 is 12.7. The van der Waals surface area contributed by atoms with Gasteiger partial charge in [-0.15, -0.1) is 0 Å². The minimum atomic E-state index is -0.00164. The van der Waals surface area contributed by atoms with Gasteiger partial charge in [0, 0.05) is 11.1 Å². The molecule has 0 saturated carbocycles. The highest BCUT2D eigenvalue weighted by molar-refractivity contribution is 5.52. The van der Waals surface area contributed by atoms with Crippen LogP contribution in [0.5, 0.6) is 11.5 Å². The second kappa shape index (κ2) is 9.96. The maximum atomic E-state index is 6.36. The zero-order chi connectivity index (χ0) is 23.4. The smallest absolute Gasteiger partial charge is 0.123 e. The average Bonchev–Trinajstić information content (AvgIpc) is 2.53. The molecule has 0 fully saturated rings. The summed E-state index contributed by atoms with van der Waals surface area (Å²) >= 11 is 0. The number of hydrogen-bond donors (Lipinski definition) is 0. The molecule has 0 aliphatic heterocycles. The Labute approximate surface area is 188 Å². The minimum Gasteiger partial charge on any atom is -0.493 e. The maximum Gasteiger partial charge on any atom is 0.123 e. The third kappa shape index (κ3) is 8.16. The molecule has 1 aromatic rings. The Bertz CT molecular complexity index is 609. The van der Waals surface area contributed by atoms with Crippen LogP contribution in [0.25, 0.3) is 0 Å². The zero-order valence-electron chi connectivity index (χ0n) is 22.2. The molecule has 0 aliphatic carbocycles. The predicted molar refractivity (Wildman–Crippen MR) is 132 cm³/mol. The van der Waals surface area contributed by atoms with Crippen LogP contribution < -0.4 is 9.47 Å². The van der Waals surface area contributed by atoms with Crippen LogP contribution in [0.4, 0.5) is 0 Å². The van der Waals surface area contributed by atoms with Gasteiger partial charge in [-0.3, -0.25) is 0 Å². The molecule has 0 spiro atoms. The van der Waals surface area contributed by atoms with Crippen LogP contribution in [-0.2, 0) is 10.8 Å². The van der Waals surface area contributed by atoms with E-state index < -0.39 is 0 Å². The summed E-state index contributed by atoms with van der Waals surface area (Å²) in [5.41, 5.74) is 3.01. The predicted octanol–water partition coefficient (Wildman–Crippen LogP) is 8.69. The van der Waals surface area contributed by atoms with Crippen LogP contribution >= 0.6 is 0 Å². The van der Waals surface area contributed by atoms with Crippen LogP contribution in [0.3, 0.4) is 0 Å². The SMILES string of the molecule is CCCOc1cc(C(C)(C)CC(C)(C)C)c(OCCC)cc1C(C)(C)CC(C)(C)C. The van der Waals surface area contributed by atoms with Gasteiger partial charge in [-0.2, -0.15) is 0 Å². The Morgan fingerprint density at radius 2 is 0.867 bits per heavy atom. The Kier molecular flexibility index (Phi) is 8.92. The van der Waals surface area contributed by atoms with E-state index in [-0.39, 0.29) is 21.7 Å². The maximum absolute atomic E-state index is 6.36. The van der Waals surface area contributed by atoms with Gasteiger partial charge in [0.05, 0.1) is 13.2 Å². The monoisotopic (exact) mass is 418 g/mol. The lowest BCUT2D eigenvalue weighted by Gasteiger charge is -2.37. The van der Waals surface area contributed by atoms with E-state index in [0.29, 0.717) is 0 Å². The molecule has 0 aliphatic rings. The van der Waals surface area contributed by atoms with Gasteiger partial charge in [0.1, 0.15) is 11.5 Å². The van der Waals surface area contributed by atoms with Crippen molar-refractivity contribution < 1.29 is 9.47 Å². The summed E-state index contributed by atoms with van der Waals surface area (Å²) in [5, 5.41) is 0. The fourth-order valence-electron chi connectivity index (χ4n) is 5.12. The molecule has 0 atom stereocenters. The average molecular weight is 419 g/mol. The van der Waals surface area contributed by atoms with Crippen molar-refractivity contribution in [3.05, 3.63) is 23.3 Å². The van der Waals surface area contributed by atoms with Gasteiger partial charge in [0.15, 0.2) is 0 Å². The highest BCUT2D eigenvalue weighted by Gasteiger charge is 2.35. The molecular formula is C28H50O2. The van der Waals surface area contributed by atoms with Crippen molar-refractivity contribution in [1.29, 1.82) is 0 Å². The molecular weight excluding hydrogens is 368 g/mol. The van der Waals surface area contributed by atoms with Crippen LogP contribution in [0.15, 0.2) is 12.1 Å². The van der Waals surface area contributed by atoms with Crippen molar-refractivity contribution in [2.24, 2.45) is 10.8 Å². The second-order valence-corrected chi connectivity index (χ2v) is 12.8. The van der Waals surface area contributed by atoms with Gasteiger partial charge in [0.2, 0.25) is 0 Å². The van der Waals surface area contributed by atoms with Crippen molar-refractivity contribution >= 4 is 0 Å². The molecule has 2 nitrogen and oxygen atoms in total. The fourth-order valence-corrected chi connectivity index (χ4v) is 5.12. The van der Waals surface area contributed by atoms with Crippen molar-refractivity contribution in [2.75, 3.05) is 13.2 Å². The Hall–Kier alpha value is -1.18. The van der Waals surface area contributed by atoms with E-state index in [2.05, 4.69) is 95.2 Å². The second-order valence-electron chi connectivity index (χ2n) is 12.8. The third-order valence-electron chi connectivity index (χ3n) is 5.41. The summed E-state index contributed by atoms with van der Waals surface area (Å²) in [7, 11) is 0. The van der Waals surface area contributed by atoms with Crippen LogP contribution in [0.1, 0.15) is 120 Å². The Balaban J connectivity index is 3.66. The van der Waals surface area contributed by atoms with E-state index >= 15 is 0 Å². The summed E-state index contributed by atoms with van der Waals surface area (Å²) in [6.45, 7) is 29.1. The molecule has 2 heteroatoms. The minimum absolute atomic E-state index is 0.00164. The summed E-state index contributed by atoms with van der Waals surface area (Å²) in [6, 6.07) is 4.60. The lowest BCUT2D eigenvalue weighted by Crippen LogP contribution is -2.28. The van der Waals surface area contributed by atoms with E-state index in [0.717, 1.165) is 50.4 Å². The van der Waals surface area contributed by atoms with Crippen LogP contribution in [-0.4, -0.2) is 13.2 Å². The van der Waals surface area contributed by atoms with Crippen molar-refractivity contribution in [3.8, 4) is 11.5 Å². The highest BCUT2D eigenvalue weighted by Crippen LogP contribution is 2.47. The standard InChI is InChI=1S/C28H50O2/c1-13-15-29-23-17-22(28(11,12)20-26(6,7)8)24(30-16-14-2)18-21(23)27(9,10)19-25(3,4)5/h17-18H,13-16,19-20H2,1-12H3. The molecule has 30 heavy (non-hydrogen) atoms. The molecule has 0 saturated heterocycles. The Morgan fingerprint density at radius 1 is 0.567 bits per heavy atom. The first-order valence-electron chi connectivity index (χ1n) is 12.0. The van der Waals surface area contributed by atoms with Crippen molar-refractivity contribution in [2.45, 2.75) is 120 Å². The Morgan fingerprint density at radius 3 is 1.10 bits per heavy atom. The van der Waals surface area contributed by atoms with Gasteiger partial charge >= 0.3 is 0 Å². The molecule has 0 amide bonds. The number of benzene rings is 1. The first kappa shape index (κ1) is 26.9. The van der Waals surface area contributed by atoms with Gasteiger partial charge in [0.25, 0.3) is 0 Å². The van der Waals surface area contributed by atoms with E-state index in [9.17, 15) is 0 Å². The number of rotatable bonds is 10. The molecule has 0 unspecified atom stereocenters. The molecule has 0 bridgehead atoms. The summed E-state index contributed by atoms with van der Waals surface area (Å²) in [4.78, 5) is 0. The molecule has 174 valence electrons. The summed E-state index contributed by atoms with van der Waals surface area (Å²) in [5.74, 6) is 2.07. The first-order valence-corrected chi connectivity index (χ1v) is 12.0. The van der Waals surface area contributed by atoms with E-state index in [1.807, 2.05) is 0 Å². The van der Waals surface area contributed by atoms with Gasteiger partial charge in [-0.1, -0.05) is 83.1 Å². The topological polar surface area (TPSA) is 18.5 Å². The zero-order valence-corrected chi connectivity index (χ0v) is 22.2. The van der Waals surface area contributed by atoms with Crippen LogP contribution in [0.2, 0.25) is 0 Å². The first-order chi connectivity index (χ1) is 13.5. The number of ether oxygens (including phenoxy) is 2. The normalized spacial score (nSPS) is 13.5. The highest BCUT2D eigenvalue weighted by atomic mass is 16.5. The molecule has 0 N–H and O–H groups in total. The molecule has 1 aromatic carbocycles. The van der Waals surface area contributed by atoms with E-state index in [4.69, 9.17) is 9.47 Å². The van der Waals surface area contributed by atoms with Crippen molar-refractivity contribution in [3.63, 3.8) is 0 Å². The molecule has 0 radical (unpaired) electrons. The van der Waals surface area contributed by atoms with Gasteiger partial charge < -0.3 is 9.47 Å². The fraction of sp³-hybridized carbons (Fsp3) is 0.786. The molecule has 0 heterocycles. The lowest BCUT2D eigenvalue weighted by atomic mass is 9.69. The largest absolute Gasteiger partial charge is 0.493 e.